The zero-order valence-electron chi connectivity index (χ0n) is 19.2. The molecule has 0 heterocycles. The molecular weight excluding hydrogens is 422 g/mol. The molecule has 8 nitrogen and oxygen atoms in total. The molecule has 1 aromatic carbocycles. The van der Waals surface area contributed by atoms with Crippen LogP contribution in [0.4, 0.5) is 9.59 Å². The van der Waals surface area contributed by atoms with Crippen molar-refractivity contribution < 1.29 is 32.6 Å². The van der Waals surface area contributed by atoms with Gasteiger partial charge in [-0.05, 0) is 73.1 Å². The van der Waals surface area contributed by atoms with Crippen LogP contribution in [0.3, 0.4) is 0 Å². The first-order chi connectivity index (χ1) is 14.0. The number of carbonyl (C=O) groups is 2. The van der Waals surface area contributed by atoms with Gasteiger partial charge in [-0.25, -0.2) is 22.9 Å². The average molecular weight is 456 g/mol. The largest absolute Gasteiger partial charge is 0.443 e. The topological polar surface area (TPSA) is 110 Å². The summed E-state index contributed by atoms with van der Waals surface area (Å²) in [6, 6.07) is 6.95. The molecule has 0 saturated carbocycles. The van der Waals surface area contributed by atoms with Crippen LogP contribution in [0.2, 0.25) is 0 Å². The Bertz CT molecular complexity index is 853. The summed E-state index contributed by atoms with van der Waals surface area (Å²) in [6.07, 6.45) is -2.06. The fourth-order valence-electron chi connectivity index (χ4n) is 2.47. The molecule has 0 spiro atoms. The number of carbonyl (C=O) groups excluding carboxylic acids is 2. The standard InChI is InChI=1S/C22H33NO7S/c1-16(15-17(24)13-14-31(27,28)18-11-9-8-10-12-18)23(19(25)29-21(2,3)4)20(26)30-22(5,6)7/h8-14,16-17,24H,15H2,1-7H3/b14-13+. The number of ether oxygens (including phenoxy) is 2. The second-order valence-electron chi connectivity index (χ2n) is 9.17. The number of nitrogens with zero attached hydrogens (tertiary/aromatic N) is 1. The highest BCUT2D eigenvalue weighted by atomic mass is 32.2. The summed E-state index contributed by atoms with van der Waals surface area (Å²) in [4.78, 5) is 26.1. The van der Waals surface area contributed by atoms with E-state index in [0.717, 1.165) is 16.4 Å². The van der Waals surface area contributed by atoms with Gasteiger partial charge in [0.1, 0.15) is 11.2 Å². The second kappa shape index (κ2) is 10.3. The van der Waals surface area contributed by atoms with E-state index in [-0.39, 0.29) is 11.3 Å². The summed E-state index contributed by atoms with van der Waals surface area (Å²) in [7, 11) is -3.73. The summed E-state index contributed by atoms with van der Waals surface area (Å²) < 4.78 is 35.3. The molecule has 9 heteroatoms. The number of aliphatic hydroxyl groups excluding tert-OH is 1. The number of imide groups is 1. The number of hydrogen-bond donors (Lipinski definition) is 1. The van der Waals surface area contributed by atoms with Gasteiger partial charge in [-0.3, -0.25) is 0 Å². The fraction of sp³-hybridized carbons (Fsp3) is 0.545. The molecule has 0 aliphatic heterocycles. The lowest BCUT2D eigenvalue weighted by molar-refractivity contribution is -0.00876. The SMILES string of the molecule is CC(CC(O)/C=C/S(=O)(=O)c1ccccc1)N(C(=O)OC(C)(C)C)C(=O)OC(C)(C)C. The number of sulfone groups is 1. The molecule has 0 radical (unpaired) electrons. The van der Waals surface area contributed by atoms with Gasteiger partial charge in [-0.15, -0.1) is 0 Å². The van der Waals surface area contributed by atoms with Gasteiger partial charge in [0.05, 0.1) is 11.0 Å². The van der Waals surface area contributed by atoms with Gasteiger partial charge in [-0.1, -0.05) is 18.2 Å². The van der Waals surface area contributed by atoms with E-state index < -0.39 is 45.4 Å². The molecule has 174 valence electrons. The van der Waals surface area contributed by atoms with Crippen LogP contribution in [0.25, 0.3) is 0 Å². The molecule has 0 saturated heterocycles. The van der Waals surface area contributed by atoms with Gasteiger partial charge < -0.3 is 14.6 Å². The average Bonchev–Trinajstić information content (AvgIpc) is 2.57. The van der Waals surface area contributed by atoms with Crippen LogP contribution in [0.5, 0.6) is 0 Å². The van der Waals surface area contributed by atoms with Crippen LogP contribution >= 0.6 is 0 Å². The van der Waals surface area contributed by atoms with Crippen molar-refractivity contribution in [3.63, 3.8) is 0 Å². The molecule has 1 aromatic rings. The number of rotatable bonds is 6. The maximum absolute atomic E-state index is 12.6. The molecule has 31 heavy (non-hydrogen) atoms. The Hall–Kier alpha value is -2.39. The van der Waals surface area contributed by atoms with Crippen molar-refractivity contribution in [1.29, 1.82) is 0 Å². The van der Waals surface area contributed by atoms with Crippen molar-refractivity contribution in [2.75, 3.05) is 0 Å². The first kappa shape index (κ1) is 26.6. The normalized spacial score (nSPS) is 14.7. The Morgan fingerprint density at radius 1 is 1.00 bits per heavy atom. The number of benzene rings is 1. The van der Waals surface area contributed by atoms with Crippen LogP contribution in [0.15, 0.2) is 46.7 Å². The van der Waals surface area contributed by atoms with Gasteiger partial charge >= 0.3 is 12.2 Å². The highest BCUT2D eigenvalue weighted by molar-refractivity contribution is 7.94. The van der Waals surface area contributed by atoms with Crippen molar-refractivity contribution in [2.45, 2.75) is 83.1 Å². The summed E-state index contributed by atoms with van der Waals surface area (Å²) in [5.41, 5.74) is -1.70. The predicted molar refractivity (Wildman–Crippen MR) is 117 cm³/mol. The zero-order chi connectivity index (χ0) is 24.0. The van der Waals surface area contributed by atoms with Gasteiger partial charge in [-0.2, -0.15) is 0 Å². The third-order valence-corrected chi connectivity index (χ3v) is 5.20. The van der Waals surface area contributed by atoms with E-state index in [1.807, 2.05) is 0 Å². The first-order valence-electron chi connectivity index (χ1n) is 9.93. The van der Waals surface area contributed by atoms with Gasteiger partial charge in [0, 0.05) is 11.4 Å². The lowest BCUT2D eigenvalue weighted by Gasteiger charge is -2.32. The lowest BCUT2D eigenvalue weighted by atomic mass is 10.1. The van der Waals surface area contributed by atoms with E-state index >= 15 is 0 Å². The van der Waals surface area contributed by atoms with Crippen molar-refractivity contribution in [3.05, 3.63) is 41.8 Å². The quantitative estimate of drug-likeness (QED) is 0.681. The summed E-state index contributed by atoms with van der Waals surface area (Å²) in [5, 5.41) is 11.2. The third kappa shape index (κ3) is 9.52. The Morgan fingerprint density at radius 3 is 1.87 bits per heavy atom. The number of hydrogen-bond acceptors (Lipinski definition) is 7. The zero-order valence-corrected chi connectivity index (χ0v) is 20.0. The third-order valence-electron chi connectivity index (χ3n) is 3.76. The van der Waals surface area contributed by atoms with Crippen LogP contribution < -0.4 is 0 Å². The van der Waals surface area contributed by atoms with Crippen LogP contribution in [0.1, 0.15) is 54.9 Å². The van der Waals surface area contributed by atoms with E-state index in [4.69, 9.17) is 9.47 Å². The molecule has 1 rings (SSSR count). The van der Waals surface area contributed by atoms with Gasteiger partial charge in [0.15, 0.2) is 9.84 Å². The Kier molecular flexibility index (Phi) is 8.84. The minimum Gasteiger partial charge on any atom is -0.443 e. The molecule has 0 bridgehead atoms. The highest BCUT2D eigenvalue weighted by Gasteiger charge is 2.35. The molecule has 1 N–H and O–H groups in total. The Labute approximate surface area is 184 Å². The second-order valence-corrected chi connectivity index (χ2v) is 11.0. The summed E-state index contributed by atoms with van der Waals surface area (Å²) >= 11 is 0. The highest BCUT2D eigenvalue weighted by Crippen LogP contribution is 2.19. The van der Waals surface area contributed by atoms with E-state index in [0.29, 0.717) is 0 Å². The van der Waals surface area contributed by atoms with Crippen molar-refractivity contribution in [1.82, 2.24) is 4.90 Å². The van der Waals surface area contributed by atoms with Gasteiger partial charge in [0.2, 0.25) is 0 Å². The number of aliphatic hydroxyl groups is 1. The van der Waals surface area contributed by atoms with Crippen LogP contribution in [0, 0.1) is 0 Å². The smallest absolute Gasteiger partial charge is 0.420 e. The van der Waals surface area contributed by atoms with E-state index in [1.54, 1.807) is 59.7 Å². The predicted octanol–water partition coefficient (Wildman–Crippen LogP) is 4.29. The van der Waals surface area contributed by atoms with Crippen molar-refractivity contribution >= 4 is 22.0 Å². The molecule has 2 amide bonds. The maximum atomic E-state index is 12.6. The minimum absolute atomic E-state index is 0.0932. The van der Waals surface area contributed by atoms with Crippen LogP contribution in [-0.2, 0) is 19.3 Å². The Balaban J connectivity index is 2.99. The van der Waals surface area contributed by atoms with Crippen LogP contribution in [-0.4, -0.2) is 54.0 Å². The van der Waals surface area contributed by atoms with E-state index in [2.05, 4.69) is 0 Å². The Morgan fingerprint density at radius 2 is 1.45 bits per heavy atom. The molecule has 2 atom stereocenters. The van der Waals surface area contributed by atoms with E-state index in [1.165, 1.54) is 19.1 Å². The monoisotopic (exact) mass is 455 g/mol. The summed E-state index contributed by atoms with van der Waals surface area (Å²) in [6.45, 7) is 11.5. The van der Waals surface area contributed by atoms with Gasteiger partial charge in [0.25, 0.3) is 0 Å². The molecule has 0 aliphatic rings. The summed E-state index contributed by atoms with van der Waals surface area (Å²) in [5.74, 6) is 0. The first-order valence-corrected chi connectivity index (χ1v) is 11.5. The molecule has 0 fully saturated rings. The molecule has 0 aromatic heterocycles. The van der Waals surface area contributed by atoms with Crippen molar-refractivity contribution in [3.8, 4) is 0 Å². The molecular formula is C22H33NO7S. The minimum atomic E-state index is -3.73. The molecule has 2 unspecified atom stereocenters. The number of amides is 2. The fourth-order valence-corrected chi connectivity index (χ4v) is 3.55. The maximum Gasteiger partial charge on any atom is 0.420 e. The molecule has 0 aliphatic carbocycles. The van der Waals surface area contributed by atoms with E-state index in [9.17, 15) is 23.1 Å². The lowest BCUT2D eigenvalue weighted by Crippen LogP contribution is -2.48. The van der Waals surface area contributed by atoms with Crippen molar-refractivity contribution in [2.24, 2.45) is 0 Å².